The van der Waals surface area contributed by atoms with Crippen LogP contribution < -0.4 is 15.0 Å². The number of halogens is 1. The van der Waals surface area contributed by atoms with Gasteiger partial charge in [0, 0.05) is 49.0 Å². The largest absolute Gasteiger partial charge is 0.491 e. The summed E-state index contributed by atoms with van der Waals surface area (Å²) in [5.41, 5.74) is 3.45. The smallest absolute Gasteiger partial charge is 0.243 e. The number of hydrogen-bond donors (Lipinski definition) is 1. The molecule has 1 aromatic carbocycles. The second kappa shape index (κ2) is 8.82. The quantitative estimate of drug-likeness (QED) is 0.487. The summed E-state index contributed by atoms with van der Waals surface area (Å²) in [4.78, 5) is 11.2. The van der Waals surface area contributed by atoms with Crippen molar-refractivity contribution in [3.63, 3.8) is 0 Å². The van der Waals surface area contributed by atoms with Gasteiger partial charge in [-0.3, -0.25) is 4.98 Å². The highest BCUT2D eigenvalue weighted by Gasteiger charge is 2.21. The summed E-state index contributed by atoms with van der Waals surface area (Å²) in [6, 6.07) is 13.2. The molecule has 164 valence electrons. The van der Waals surface area contributed by atoms with Crippen molar-refractivity contribution in [3.8, 4) is 16.9 Å². The zero-order valence-corrected chi connectivity index (χ0v) is 17.9. The van der Waals surface area contributed by atoms with Gasteiger partial charge in [-0.1, -0.05) is 6.07 Å². The van der Waals surface area contributed by atoms with Crippen molar-refractivity contribution >= 4 is 17.3 Å². The van der Waals surface area contributed by atoms with E-state index in [-0.39, 0.29) is 11.6 Å². The fourth-order valence-corrected chi connectivity index (χ4v) is 4.15. The summed E-state index contributed by atoms with van der Waals surface area (Å²) in [7, 11) is 0. The number of aromatic nitrogens is 4. The molecule has 1 aliphatic heterocycles. The van der Waals surface area contributed by atoms with Crippen molar-refractivity contribution in [1.82, 2.24) is 19.6 Å². The van der Waals surface area contributed by atoms with Gasteiger partial charge in [-0.2, -0.15) is 4.98 Å². The first-order valence-corrected chi connectivity index (χ1v) is 10.9. The summed E-state index contributed by atoms with van der Waals surface area (Å²) in [5.74, 6) is 0.460. The molecule has 1 fully saturated rings. The van der Waals surface area contributed by atoms with E-state index in [2.05, 4.69) is 20.3 Å². The van der Waals surface area contributed by atoms with Gasteiger partial charge in [0.1, 0.15) is 0 Å². The highest BCUT2D eigenvalue weighted by Crippen LogP contribution is 2.29. The van der Waals surface area contributed by atoms with E-state index >= 15 is 0 Å². The fraction of sp³-hybridized carbons (Fsp3) is 0.292. The van der Waals surface area contributed by atoms with Crippen LogP contribution in [0.15, 0.2) is 61.1 Å². The van der Waals surface area contributed by atoms with Crippen LogP contribution in [0.1, 0.15) is 19.8 Å². The SMILES string of the molecule is CCOc1ccc(-c2cccn3nc(NC4CCN(c5ccncc5)CC4)nc23)cc1F. The predicted octanol–water partition coefficient (Wildman–Crippen LogP) is 4.41. The summed E-state index contributed by atoms with van der Waals surface area (Å²) in [6.07, 6.45) is 7.50. The van der Waals surface area contributed by atoms with E-state index in [1.54, 1.807) is 10.6 Å². The lowest BCUT2D eigenvalue weighted by Gasteiger charge is -2.33. The maximum absolute atomic E-state index is 14.4. The molecule has 32 heavy (non-hydrogen) atoms. The Labute approximate surface area is 185 Å². The maximum Gasteiger partial charge on any atom is 0.243 e. The number of pyridine rings is 2. The van der Waals surface area contributed by atoms with Crippen LogP contribution in [-0.2, 0) is 0 Å². The highest BCUT2D eigenvalue weighted by atomic mass is 19.1. The van der Waals surface area contributed by atoms with Crippen molar-refractivity contribution in [2.24, 2.45) is 0 Å². The molecule has 0 amide bonds. The van der Waals surface area contributed by atoms with Crippen LogP contribution in [-0.4, -0.2) is 45.3 Å². The van der Waals surface area contributed by atoms with Crippen molar-refractivity contribution in [2.45, 2.75) is 25.8 Å². The topological polar surface area (TPSA) is 67.6 Å². The van der Waals surface area contributed by atoms with Crippen molar-refractivity contribution in [3.05, 3.63) is 66.9 Å². The zero-order valence-electron chi connectivity index (χ0n) is 17.9. The first-order chi connectivity index (χ1) is 15.7. The Balaban J connectivity index is 1.32. The van der Waals surface area contributed by atoms with Gasteiger partial charge in [0.05, 0.1) is 6.61 Å². The van der Waals surface area contributed by atoms with E-state index in [0.717, 1.165) is 37.1 Å². The molecule has 0 unspecified atom stereocenters. The minimum absolute atomic E-state index is 0.255. The van der Waals surface area contributed by atoms with E-state index in [1.165, 1.54) is 11.8 Å². The number of hydrogen-bond acceptors (Lipinski definition) is 6. The van der Waals surface area contributed by atoms with Gasteiger partial charge in [-0.25, -0.2) is 8.91 Å². The first kappa shape index (κ1) is 20.2. The summed E-state index contributed by atoms with van der Waals surface area (Å²) in [6.45, 7) is 4.19. The molecule has 7 nitrogen and oxygen atoms in total. The van der Waals surface area contributed by atoms with Crippen molar-refractivity contribution < 1.29 is 9.13 Å². The molecule has 0 saturated carbocycles. The molecule has 0 spiro atoms. The standard InChI is InChI=1S/C24H25FN6O/c1-2-32-22-6-5-17(16-21(22)25)20-4-3-13-31-23(20)28-24(29-31)27-18-9-14-30(15-10-18)19-7-11-26-12-8-19/h3-8,11-13,16,18H,2,9-10,14-15H2,1H3,(H,27,29). The molecule has 3 aromatic heterocycles. The Bertz CT molecular complexity index is 1200. The van der Waals surface area contributed by atoms with Crippen LogP contribution in [0, 0.1) is 5.82 Å². The third-order valence-electron chi connectivity index (χ3n) is 5.76. The average molecular weight is 433 g/mol. The molecule has 8 heteroatoms. The predicted molar refractivity (Wildman–Crippen MR) is 123 cm³/mol. The fourth-order valence-electron chi connectivity index (χ4n) is 4.15. The zero-order chi connectivity index (χ0) is 21.9. The Hall–Kier alpha value is -3.68. The molecule has 4 heterocycles. The summed E-state index contributed by atoms with van der Waals surface area (Å²) >= 11 is 0. The molecule has 4 aromatic rings. The molecule has 0 atom stereocenters. The van der Waals surface area contributed by atoms with Gasteiger partial charge < -0.3 is 15.0 Å². The van der Waals surface area contributed by atoms with Gasteiger partial charge in [-0.05, 0) is 61.7 Å². The van der Waals surface area contributed by atoms with Gasteiger partial charge in [0.15, 0.2) is 17.2 Å². The Morgan fingerprint density at radius 1 is 1.12 bits per heavy atom. The Morgan fingerprint density at radius 3 is 2.69 bits per heavy atom. The molecule has 1 saturated heterocycles. The second-order valence-electron chi connectivity index (χ2n) is 7.81. The van der Waals surface area contributed by atoms with E-state index in [9.17, 15) is 4.39 Å². The van der Waals surface area contributed by atoms with E-state index in [0.29, 0.717) is 24.2 Å². The number of piperidine rings is 1. The number of ether oxygens (including phenoxy) is 1. The van der Waals surface area contributed by atoms with Crippen molar-refractivity contribution in [2.75, 3.05) is 29.9 Å². The number of rotatable bonds is 6. The lowest BCUT2D eigenvalue weighted by molar-refractivity contribution is 0.321. The highest BCUT2D eigenvalue weighted by molar-refractivity contribution is 5.78. The van der Waals surface area contributed by atoms with Gasteiger partial charge in [-0.15, -0.1) is 5.10 Å². The molecule has 1 aliphatic rings. The molecule has 1 N–H and O–H groups in total. The molecular weight excluding hydrogens is 407 g/mol. The molecule has 5 rings (SSSR count). The van der Waals surface area contributed by atoms with Crippen LogP contribution in [0.4, 0.5) is 16.0 Å². The van der Waals surface area contributed by atoms with Crippen molar-refractivity contribution in [1.29, 1.82) is 0 Å². The van der Waals surface area contributed by atoms with Gasteiger partial charge in [0.25, 0.3) is 0 Å². The average Bonchev–Trinajstić information content (AvgIpc) is 3.24. The minimum atomic E-state index is -0.384. The molecule has 0 bridgehead atoms. The van der Waals surface area contributed by atoms with Crippen LogP contribution >= 0.6 is 0 Å². The molecule has 0 aliphatic carbocycles. The summed E-state index contributed by atoms with van der Waals surface area (Å²) in [5, 5.41) is 8.08. The lowest BCUT2D eigenvalue weighted by Crippen LogP contribution is -2.39. The third-order valence-corrected chi connectivity index (χ3v) is 5.76. The number of fused-ring (bicyclic) bond motifs is 1. The lowest BCUT2D eigenvalue weighted by atomic mass is 10.0. The monoisotopic (exact) mass is 432 g/mol. The van der Waals surface area contributed by atoms with Gasteiger partial charge in [0.2, 0.25) is 5.95 Å². The molecule has 0 radical (unpaired) electrons. The van der Waals surface area contributed by atoms with E-state index in [1.807, 2.05) is 55.8 Å². The number of nitrogens with zero attached hydrogens (tertiary/aromatic N) is 5. The van der Waals surface area contributed by atoms with Crippen LogP contribution in [0.3, 0.4) is 0 Å². The Morgan fingerprint density at radius 2 is 1.94 bits per heavy atom. The van der Waals surface area contributed by atoms with Gasteiger partial charge >= 0.3 is 0 Å². The van der Waals surface area contributed by atoms with E-state index < -0.39 is 0 Å². The number of nitrogens with one attached hydrogen (secondary N) is 1. The normalized spacial score (nSPS) is 14.6. The first-order valence-electron chi connectivity index (χ1n) is 10.9. The van der Waals surface area contributed by atoms with Crippen LogP contribution in [0.2, 0.25) is 0 Å². The summed E-state index contributed by atoms with van der Waals surface area (Å²) < 4.78 is 21.5. The number of anilines is 2. The van der Waals surface area contributed by atoms with Crippen LogP contribution in [0.25, 0.3) is 16.8 Å². The number of benzene rings is 1. The second-order valence-corrected chi connectivity index (χ2v) is 7.81. The van der Waals surface area contributed by atoms with Crippen LogP contribution in [0.5, 0.6) is 5.75 Å². The third kappa shape index (κ3) is 4.08. The molecular formula is C24H25FN6O. The van der Waals surface area contributed by atoms with E-state index in [4.69, 9.17) is 9.72 Å². The maximum atomic E-state index is 14.4. The minimum Gasteiger partial charge on any atom is -0.491 e. The Kier molecular flexibility index (Phi) is 5.58.